The number of amides is 1. The summed E-state index contributed by atoms with van der Waals surface area (Å²) in [6, 6.07) is -0.536. The van der Waals surface area contributed by atoms with Crippen LogP contribution >= 0.6 is 0 Å². The maximum absolute atomic E-state index is 12.5. The van der Waals surface area contributed by atoms with E-state index in [0.29, 0.717) is 25.9 Å². The van der Waals surface area contributed by atoms with Gasteiger partial charge in [-0.25, -0.2) is 0 Å². The van der Waals surface area contributed by atoms with Crippen LogP contribution in [-0.4, -0.2) is 47.4 Å². The molecule has 0 aliphatic rings. The van der Waals surface area contributed by atoms with Gasteiger partial charge < -0.3 is 20.3 Å². The molecule has 0 saturated heterocycles. The van der Waals surface area contributed by atoms with E-state index in [2.05, 4.69) is 19.2 Å². The number of aliphatic hydroxyl groups is 2. The molecule has 0 aromatic carbocycles. The van der Waals surface area contributed by atoms with Gasteiger partial charge in [-0.2, -0.15) is 0 Å². The van der Waals surface area contributed by atoms with Crippen LogP contribution in [0.15, 0.2) is 0 Å². The summed E-state index contributed by atoms with van der Waals surface area (Å²) in [7, 11) is 0. The lowest BCUT2D eigenvalue weighted by atomic mass is 10.0. The van der Waals surface area contributed by atoms with E-state index < -0.39 is 12.1 Å². The Balaban J connectivity index is 3.29. The van der Waals surface area contributed by atoms with Crippen LogP contribution in [0.5, 0.6) is 0 Å². The minimum absolute atomic E-state index is 0.0251. The van der Waals surface area contributed by atoms with Crippen LogP contribution in [0.25, 0.3) is 0 Å². The van der Waals surface area contributed by atoms with E-state index in [1.165, 1.54) is 385 Å². The average molecular weight is 1170 g/mol. The Morgan fingerprint density at radius 3 is 0.735 bits per heavy atom. The number of unbranched alkanes of at least 4 members (excludes halogenated alkanes) is 63. The Morgan fingerprint density at radius 1 is 0.289 bits per heavy atom. The Kier molecular flexibility index (Phi) is 72.3. The molecule has 2 atom stereocenters. The van der Waals surface area contributed by atoms with Crippen molar-refractivity contribution in [2.45, 2.75) is 469 Å². The summed E-state index contributed by atoms with van der Waals surface area (Å²) in [6.45, 7) is 5.01. The van der Waals surface area contributed by atoms with Crippen LogP contribution in [0.4, 0.5) is 0 Å². The molecular formula is C77H153NO5. The molecular weight excluding hydrogens is 1020 g/mol. The topological polar surface area (TPSA) is 95.9 Å². The summed E-state index contributed by atoms with van der Waals surface area (Å²) < 4.78 is 5.51. The Bertz CT molecular complexity index is 1210. The Labute approximate surface area is 521 Å². The second-order valence-electron chi connectivity index (χ2n) is 27.1. The molecule has 83 heavy (non-hydrogen) atoms. The van der Waals surface area contributed by atoms with Gasteiger partial charge in [-0.05, 0) is 25.7 Å². The molecule has 6 heteroatoms. The number of hydrogen-bond donors (Lipinski definition) is 3. The van der Waals surface area contributed by atoms with Gasteiger partial charge in [-0.3, -0.25) is 9.59 Å². The number of carbonyl (C=O) groups is 2. The summed E-state index contributed by atoms with van der Waals surface area (Å²) in [4.78, 5) is 24.6. The van der Waals surface area contributed by atoms with Crippen molar-refractivity contribution in [2.24, 2.45) is 0 Å². The highest BCUT2D eigenvalue weighted by Gasteiger charge is 2.20. The van der Waals surface area contributed by atoms with Gasteiger partial charge in [0, 0.05) is 12.8 Å². The van der Waals surface area contributed by atoms with Gasteiger partial charge in [-0.15, -0.1) is 0 Å². The molecule has 0 aliphatic carbocycles. The van der Waals surface area contributed by atoms with Gasteiger partial charge >= 0.3 is 5.97 Å². The lowest BCUT2D eigenvalue weighted by Crippen LogP contribution is -2.45. The fourth-order valence-corrected chi connectivity index (χ4v) is 12.8. The maximum atomic E-state index is 12.5. The fourth-order valence-electron chi connectivity index (χ4n) is 12.8. The van der Waals surface area contributed by atoms with Gasteiger partial charge in [0.1, 0.15) is 0 Å². The van der Waals surface area contributed by atoms with Crippen molar-refractivity contribution in [1.82, 2.24) is 5.32 Å². The predicted octanol–water partition coefficient (Wildman–Crippen LogP) is 25.3. The number of esters is 1. The van der Waals surface area contributed by atoms with Crippen molar-refractivity contribution in [2.75, 3.05) is 13.2 Å². The van der Waals surface area contributed by atoms with Crippen LogP contribution in [0.2, 0.25) is 0 Å². The van der Waals surface area contributed by atoms with Crippen molar-refractivity contribution in [3.05, 3.63) is 0 Å². The molecule has 2 unspecified atom stereocenters. The number of ether oxygens (including phenoxy) is 1. The van der Waals surface area contributed by atoms with Gasteiger partial charge in [0.05, 0.1) is 25.4 Å². The third kappa shape index (κ3) is 69.8. The molecule has 0 rings (SSSR count). The normalized spacial score (nSPS) is 12.4. The molecule has 0 aliphatic heterocycles. The SMILES string of the molecule is CCCCCCCCCCCCCCCCCCC(O)C(CO)NC(=O)CCCCCCCCCCCCCCCCCCCCCCCCCCCCCCCCCCCCCOC(=O)CCCCCCCCCCCCCCCCC. The van der Waals surface area contributed by atoms with Crippen molar-refractivity contribution < 1.29 is 24.5 Å². The highest BCUT2D eigenvalue weighted by molar-refractivity contribution is 5.76. The number of carbonyl (C=O) groups excluding carboxylic acids is 2. The summed E-state index contributed by atoms with van der Waals surface area (Å²) in [5.41, 5.74) is 0. The number of rotatable bonds is 74. The van der Waals surface area contributed by atoms with Crippen molar-refractivity contribution >= 4 is 11.9 Å². The van der Waals surface area contributed by atoms with Crippen LogP contribution in [0.3, 0.4) is 0 Å². The predicted molar refractivity (Wildman–Crippen MR) is 366 cm³/mol. The van der Waals surface area contributed by atoms with E-state index in [1.54, 1.807) is 0 Å². The summed E-state index contributed by atoms with van der Waals surface area (Å²) in [5, 5.41) is 23.4. The lowest BCUT2D eigenvalue weighted by Gasteiger charge is -2.22. The van der Waals surface area contributed by atoms with E-state index in [0.717, 1.165) is 38.5 Å². The first-order valence-electron chi connectivity index (χ1n) is 38.8. The first-order chi connectivity index (χ1) is 41.0. The molecule has 0 spiro atoms. The van der Waals surface area contributed by atoms with Gasteiger partial charge in [0.2, 0.25) is 5.91 Å². The first-order valence-corrected chi connectivity index (χ1v) is 38.8. The quantitative estimate of drug-likeness (QED) is 0.0417. The third-order valence-electron chi connectivity index (χ3n) is 18.7. The van der Waals surface area contributed by atoms with Crippen molar-refractivity contribution in [3.63, 3.8) is 0 Å². The lowest BCUT2D eigenvalue weighted by molar-refractivity contribution is -0.143. The maximum Gasteiger partial charge on any atom is 0.305 e. The van der Waals surface area contributed by atoms with Gasteiger partial charge in [0.15, 0.2) is 0 Å². The Hall–Kier alpha value is -1.14. The highest BCUT2D eigenvalue weighted by atomic mass is 16.5. The zero-order chi connectivity index (χ0) is 59.9. The second-order valence-corrected chi connectivity index (χ2v) is 27.1. The fraction of sp³-hybridized carbons (Fsp3) is 0.974. The largest absolute Gasteiger partial charge is 0.466 e. The molecule has 1 amide bonds. The monoisotopic (exact) mass is 1170 g/mol. The standard InChI is InChI=1S/C77H153NO5/c1-3-5-7-9-11-13-15-17-19-42-45-49-53-57-61-65-69-75(80)74(73-79)78-76(81)70-66-62-58-54-50-46-43-39-37-35-33-31-29-27-25-23-21-20-22-24-26-28-30-32-34-36-38-40-44-48-52-56-60-64-68-72-83-77(82)71-67-63-59-55-51-47-41-18-16-14-12-10-8-6-4-2/h74-75,79-80H,3-73H2,1-2H3,(H,78,81). The van der Waals surface area contributed by atoms with Crippen LogP contribution in [0.1, 0.15) is 457 Å². The number of nitrogens with one attached hydrogen (secondary N) is 1. The van der Waals surface area contributed by atoms with Crippen LogP contribution < -0.4 is 5.32 Å². The van der Waals surface area contributed by atoms with E-state index in [9.17, 15) is 19.8 Å². The molecule has 0 aromatic rings. The smallest absolute Gasteiger partial charge is 0.305 e. The molecule has 496 valence electrons. The zero-order valence-corrected chi connectivity index (χ0v) is 57.0. The van der Waals surface area contributed by atoms with E-state index in [1.807, 2.05) is 0 Å². The summed E-state index contributed by atoms with van der Waals surface area (Å²) in [5.74, 6) is 0.00176. The minimum Gasteiger partial charge on any atom is -0.466 e. The molecule has 6 nitrogen and oxygen atoms in total. The Morgan fingerprint density at radius 2 is 0.494 bits per heavy atom. The van der Waals surface area contributed by atoms with Crippen molar-refractivity contribution in [3.8, 4) is 0 Å². The molecule has 0 saturated carbocycles. The molecule has 0 radical (unpaired) electrons. The third-order valence-corrected chi connectivity index (χ3v) is 18.7. The van der Waals surface area contributed by atoms with Crippen LogP contribution in [0, 0.1) is 0 Å². The van der Waals surface area contributed by atoms with E-state index in [-0.39, 0.29) is 18.5 Å². The number of hydrogen-bond acceptors (Lipinski definition) is 5. The minimum atomic E-state index is -0.659. The van der Waals surface area contributed by atoms with Crippen LogP contribution in [-0.2, 0) is 14.3 Å². The average Bonchev–Trinajstić information content (AvgIpc) is 3.49. The highest BCUT2D eigenvalue weighted by Crippen LogP contribution is 2.20. The summed E-state index contributed by atoms with van der Waals surface area (Å²) in [6.07, 6.45) is 90.5. The molecule has 0 heterocycles. The zero-order valence-electron chi connectivity index (χ0n) is 57.0. The van der Waals surface area contributed by atoms with Crippen molar-refractivity contribution in [1.29, 1.82) is 0 Å². The first kappa shape index (κ1) is 81.9. The molecule has 0 fully saturated rings. The number of aliphatic hydroxyl groups excluding tert-OH is 2. The molecule has 0 aromatic heterocycles. The summed E-state index contributed by atoms with van der Waals surface area (Å²) >= 11 is 0. The molecule has 3 N–H and O–H groups in total. The van der Waals surface area contributed by atoms with E-state index in [4.69, 9.17) is 4.74 Å². The van der Waals surface area contributed by atoms with Gasteiger partial charge in [0.25, 0.3) is 0 Å². The molecule has 0 bridgehead atoms. The second kappa shape index (κ2) is 73.3. The van der Waals surface area contributed by atoms with Gasteiger partial charge in [-0.1, -0.05) is 418 Å². The van der Waals surface area contributed by atoms with E-state index >= 15 is 0 Å².